The average molecular weight is 446 g/mol. The molecule has 7 nitrogen and oxygen atoms in total. The largest absolute Gasteiger partial charge is 0.338 e. The molecular weight excluding hydrogens is 414 g/mol. The Balaban J connectivity index is 1.43. The average Bonchev–Trinajstić information content (AvgIpc) is 3.20. The molecule has 172 valence electrons. The Hall–Kier alpha value is -3.48. The second kappa shape index (κ2) is 9.98. The van der Waals surface area contributed by atoms with Crippen molar-refractivity contribution in [3.63, 3.8) is 0 Å². The van der Waals surface area contributed by atoms with Crippen molar-refractivity contribution in [1.29, 1.82) is 0 Å². The van der Waals surface area contributed by atoms with Crippen molar-refractivity contribution in [2.45, 2.75) is 46.1 Å². The highest BCUT2D eigenvalue weighted by Gasteiger charge is 2.30. The van der Waals surface area contributed by atoms with E-state index in [1.807, 2.05) is 72.2 Å². The monoisotopic (exact) mass is 445 g/mol. The lowest BCUT2D eigenvalue weighted by Crippen LogP contribution is -2.49. The summed E-state index contributed by atoms with van der Waals surface area (Å²) in [7, 11) is 0. The molecule has 0 bridgehead atoms. The fourth-order valence-electron chi connectivity index (χ4n) is 4.50. The lowest BCUT2D eigenvalue weighted by molar-refractivity contribution is 0.0519. The lowest BCUT2D eigenvalue weighted by Gasteiger charge is -2.38. The van der Waals surface area contributed by atoms with Gasteiger partial charge in [0.15, 0.2) is 5.82 Å². The molecule has 3 aromatic rings. The van der Waals surface area contributed by atoms with E-state index in [4.69, 9.17) is 0 Å². The molecule has 4 rings (SSSR count). The van der Waals surface area contributed by atoms with Gasteiger partial charge < -0.3 is 9.80 Å². The Morgan fingerprint density at radius 1 is 1.03 bits per heavy atom. The normalized spacial score (nSPS) is 14.3. The molecule has 1 fully saturated rings. The molecule has 0 saturated carbocycles. The smallest absolute Gasteiger partial charge is 0.255 e. The van der Waals surface area contributed by atoms with Gasteiger partial charge in [-0.2, -0.15) is 5.10 Å². The number of carbonyl (C=O) groups is 2. The molecule has 0 radical (unpaired) electrons. The van der Waals surface area contributed by atoms with E-state index in [0.717, 1.165) is 30.7 Å². The number of aromatic nitrogens is 3. The van der Waals surface area contributed by atoms with E-state index in [9.17, 15) is 9.59 Å². The van der Waals surface area contributed by atoms with Crippen molar-refractivity contribution in [2.24, 2.45) is 0 Å². The van der Waals surface area contributed by atoms with Crippen molar-refractivity contribution in [3.8, 4) is 5.82 Å². The van der Waals surface area contributed by atoms with Gasteiger partial charge in [-0.15, -0.1) is 0 Å². The first-order valence-electron chi connectivity index (χ1n) is 11.6. The van der Waals surface area contributed by atoms with E-state index in [1.54, 1.807) is 10.9 Å². The van der Waals surface area contributed by atoms with Gasteiger partial charge >= 0.3 is 0 Å². The third-order valence-corrected chi connectivity index (χ3v) is 6.16. The minimum absolute atomic E-state index is 0.00268. The Labute approximate surface area is 195 Å². The number of benzene rings is 1. The van der Waals surface area contributed by atoms with Gasteiger partial charge in [0.2, 0.25) is 0 Å². The molecule has 0 atom stereocenters. The number of piperidine rings is 1. The summed E-state index contributed by atoms with van der Waals surface area (Å²) in [4.78, 5) is 34.5. The van der Waals surface area contributed by atoms with Crippen molar-refractivity contribution < 1.29 is 9.59 Å². The molecule has 0 N–H and O–H groups in total. The third kappa shape index (κ3) is 4.97. The summed E-state index contributed by atoms with van der Waals surface area (Å²) in [5.41, 5.74) is 3.23. The number of pyridine rings is 1. The predicted octanol–water partition coefficient (Wildman–Crippen LogP) is 4.04. The minimum Gasteiger partial charge on any atom is -0.338 e. The van der Waals surface area contributed by atoms with Crippen LogP contribution in [0.25, 0.3) is 5.82 Å². The molecule has 0 aliphatic carbocycles. The number of rotatable bonds is 6. The molecule has 0 unspecified atom stereocenters. The van der Waals surface area contributed by atoms with Gasteiger partial charge in [0.05, 0.1) is 11.3 Å². The molecule has 1 saturated heterocycles. The number of hydrogen-bond donors (Lipinski definition) is 0. The molecule has 1 aliphatic rings. The van der Waals surface area contributed by atoms with E-state index in [2.05, 4.69) is 17.0 Å². The molecule has 2 aromatic heterocycles. The zero-order valence-corrected chi connectivity index (χ0v) is 19.6. The number of hydrogen-bond acceptors (Lipinski definition) is 4. The zero-order chi connectivity index (χ0) is 23.4. The van der Waals surface area contributed by atoms with Crippen LogP contribution in [-0.2, 0) is 0 Å². The summed E-state index contributed by atoms with van der Waals surface area (Å²) >= 11 is 0. The molecular formula is C26H31N5O2. The fraction of sp³-hybridized carbons (Fsp3) is 0.385. The van der Waals surface area contributed by atoms with Crippen molar-refractivity contribution in [2.75, 3.05) is 19.6 Å². The van der Waals surface area contributed by atoms with Crippen LogP contribution in [0.1, 0.15) is 58.3 Å². The summed E-state index contributed by atoms with van der Waals surface area (Å²) in [5.74, 6) is 0.760. The van der Waals surface area contributed by atoms with Crippen LogP contribution in [0.5, 0.6) is 0 Å². The molecule has 1 aliphatic heterocycles. The van der Waals surface area contributed by atoms with Gasteiger partial charge in [-0.25, -0.2) is 9.67 Å². The van der Waals surface area contributed by atoms with Gasteiger partial charge in [0.25, 0.3) is 11.8 Å². The highest BCUT2D eigenvalue weighted by molar-refractivity contribution is 5.95. The van der Waals surface area contributed by atoms with Gasteiger partial charge in [-0.1, -0.05) is 25.1 Å². The minimum atomic E-state index is -0.00268. The Kier molecular flexibility index (Phi) is 6.87. The van der Waals surface area contributed by atoms with Crippen LogP contribution in [0.3, 0.4) is 0 Å². The number of amides is 2. The summed E-state index contributed by atoms with van der Waals surface area (Å²) < 4.78 is 1.78. The quantitative estimate of drug-likeness (QED) is 0.574. The zero-order valence-electron chi connectivity index (χ0n) is 19.6. The number of nitrogens with zero attached hydrogens (tertiary/aromatic N) is 5. The van der Waals surface area contributed by atoms with Crippen LogP contribution >= 0.6 is 0 Å². The summed E-state index contributed by atoms with van der Waals surface area (Å²) in [6, 6.07) is 15.2. The predicted molar refractivity (Wildman–Crippen MR) is 128 cm³/mol. The maximum Gasteiger partial charge on any atom is 0.255 e. The maximum atomic E-state index is 13.4. The molecule has 33 heavy (non-hydrogen) atoms. The van der Waals surface area contributed by atoms with E-state index >= 15 is 0 Å². The number of aryl methyl sites for hydroxylation is 2. The van der Waals surface area contributed by atoms with Crippen LogP contribution in [0.4, 0.5) is 0 Å². The first-order chi connectivity index (χ1) is 16.0. The van der Waals surface area contributed by atoms with Gasteiger partial charge in [0.1, 0.15) is 0 Å². The van der Waals surface area contributed by atoms with E-state index in [1.165, 1.54) is 0 Å². The van der Waals surface area contributed by atoms with Crippen molar-refractivity contribution >= 4 is 11.8 Å². The molecule has 7 heteroatoms. The fourth-order valence-corrected chi connectivity index (χ4v) is 4.50. The molecule has 0 spiro atoms. The second-order valence-corrected chi connectivity index (χ2v) is 8.63. The van der Waals surface area contributed by atoms with E-state index < -0.39 is 0 Å². The Morgan fingerprint density at radius 3 is 2.33 bits per heavy atom. The summed E-state index contributed by atoms with van der Waals surface area (Å²) in [5, 5.41) is 4.46. The Morgan fingerprint density at radius 2 is 1.76 bits per heavy atom. The summed E-state index contributed by atoms with van der Waals surface area (Å²) in [6.45, 7) is 8.01. The molecule has 2 amide bonds. The lowest BCUT2D eigenvalue weighted by atomic mass is 10.0. The number of likely N-dealkylation sites (tertiary alicyclic amines) is 1. The Bertz CT molecular complexity index is 1100. The van der Waals surface area contributed by atoms with Crippen molar-refractivity contribution in [1.82, 2.24) is 24.6 Å². The SMILES string of the molecule is CCCN(C(=O)c1ccc(-n2nc(C)cc2C)nc1)C1CCN(C(=O)c2ccccc2)CC1. The standard InChI is InChI=1S/C26H31N5O2/c1-4-14-30(23-12-15-29(16-13-23)25(32)21-8-6-5-7-9-21)26(33)22-10-11-24(27-18-22)31-20(3)17-19(2)28-31/h5-11,17-18,23H,4,12-16H2,1-3H3. The van der Waals surface area contributed by atoms with Crippen LogP contribution in [0, 0.1) is 13.8 Å². The topological polar surface area (TPSA) is 71.3 Å². The van der Waals surface area contributed by atoms with Crippen molar-refractivity contribution in [3.05, 3.63) is 77.2 Å². The van der Waals surface area contributed by atoms with E-state index in [0.29, 0.717) is 36.6 Å². The maximum absolute atomic E-state index is 13.4. The van der Waals surface area contributed by atoms with Crippen LogP contribution in [0.15, 0.2) is 54.7 Å². The first kappa shape index (κ1) is 22.7. The number of carbonyl (C=O) groups excluding carboxylic acids is 2. The van der Waals surface area contributed by atoms with Gasteiger partial charge in [0, 0.05) is 43.1 Å². The van der Waals surface area contributed by atoms with Crippen LogP contribution < -0.4 is 0 Å². The summed E-state index contributed by atoms with van der Waals surface area (Å²) in [6.07, 6.45) is 4.08. The first-order valence-corrected chi connectivity index (χ1v) is 11.6. The highest BCUT2D eigenvalue weighted by atomic mass is 16.2. The second-order valence-electron chi connectivity index (χ2n) is 8.63. The van der Waals surface area contributed by atoms with Gasteiger partial charge in [-0.3, -0.25) is 9.59 Å². The molecule has 3 heterocycles. The van der Waals surface area contributed by atoms with Crippen LogP contribution in [0.2, 0.25) is 0 Å². The molecule has 1 aromatic carbocycles. The van der Waals surface area contributed by atoms with E-state index in [-0.39, 0.29) is 17.9 Å². The third-order valence-electron chi connectivity index (χ3n) is 6.16. The highest BCUT2D eigenvalue weighted by Crippen LogP contribution is 2.21. The van der Waals surface area contributed by atoms with Crippen LogP contribution in [-0.4, -0.2) is 62.1 Å². The van der Waals surface area contributed by atoms with Gasteiger partial charge in [-0.05, 0) is 63.4 Å².